The van der Waals surface area contributed by atoms with Crippen molar-refractivity contribution in [2.24, 2.45) is 0 Å². The van der Waals surface area contributed by atoms with Crippen molar-refractivity contribution in [2.45, 2.75) is 24.5 Å². The normalized spacial score (nSPS) is 14.2. The zero-order valence-corrected chi connectivity index (χ0v) is 18.3. The third-order valence-corrected chi connectivity index (χ3v) is 6.10. The zero-order valence-electron chi connectivity index (χ0n) is 17.5. The van der Waals surface area contributed by atoms with Crippen LogP contribution >= 0.6 is 11.8 Å². The van der Waals surface area contributed by atoms with Crippen LogP contribution in [0.1, 0.15) is 16.7 Å². The summed E-state index contributed by atoms with van der Waals surface area (Å²) in [6.07, 6.45) is -4.53. The van der Waals surface area contributed by atoms with Crippen LogP contribution < -0.4 is 5.32 Å². The van der Waals surface area contributed by atoms with Gasteiger partial charge in [-0.1, -0.05) is 65.9 Å². The van der Waals surface area contributed by atoms with Crippen molar-refractivity contribution < 1.29 is 22.8 Å². The molecule has 1 N–H and O–H groups in total. The van der Waals surface area contributed by atoms with Gasteiger partial charge in [-0.15, -0.1) is 0 Å². The van der Waals surface area contributed by atoms with Gasteiger partial charge in [0.05, 0.1) is 12.1 Å². The molecule has 0 aliphatic carbocycles. The third-order valence-electron chi connectivity index (χ3n) is 5.01. The molecule has 0 fully saturated rings. The third kappa shape index (κ3) is 5.12. The van der Waals surface area contributed by atoms with Crippen molar-refractivity contribution in [2.75, 3.05) is 5.32 Å². The highest BCUT2D eigenvalue weighted by atomic mass is 32.2. The van der Waals surface area contributed by atoms with Crippen LogP contribution in [0.5, 0.6) is 0 Å². The Kier molecular flexibility index (Phi) is 6.29. The van der Waals surface area contributed by atoms with Gasteiger partial charge in [-0.05, 0) is 42.8 Å². The summed E-state index contributed by atoms with van der Waals surface area (Å²) in [5, 5.41) is 2.78. The minimum absolute atomic E-state index is 0.0409. The molecule has 1 heterocycles. The van der Waals surface area contributed by atoms with Gasteiger partial charge in [0.15, 0.2) is 0 Å². The molecule has 2 amide bonds. The molecule has 168 valence electrons. The predicted octanol–water partition coefficient (Wildman–Crippen LogP) is 6.00. The van der Waals surface area contributed by atoms with Crippen molar-refractivity contribution in [3.8, 4) is 0 Å². The summed E-state index contributed by atoms with van der Waals surface area (Å²) >= 11 is 1.11. The molecule has 1 aliphatic heterocycles. The summed E-state index contributed by atoms with van der Waals surface area (Å²) in [6, 6.07) is 21.0. The number of rotatable bonds is 6. The number of nitrogens with zero attached hydrogens (tertiary/aromatic N) is 1. The second-order valence-electron chi connectivity index (χ2n) is 7.50. The molecule has 0 saturated heterocycles. The molecule has 0 saturated carbocycles. The summed E-state index contributed by atoms with van der Waals surface area (Å²) in [7, 11) is 0. The van der Waals surface area contributed by atoms with Gasteiger partial charge in [0.2, 0.25) is 0 Å². The average molecular weight is 469 g/mol. The smallest absolute Gasteiger partial charge is 0.350 e. The predicted molar refractivity (Wildman–Crippen MR) is 121 cm³/mol. The highest BCUT2D eigenvalue weighted by molar-refractivity contribution is 8.04. The molecule has 4 rings (SSSR count). The Hall–Kier alpha value is -3.52. The molecular formula is C25H19F3N2O2S. The number of hydrogen-bond donors (Lipinski definition) is 1. The zero-order chi connectivity index (χ0) is 23.6. The van der Waals surface area contributed by atoms with E-state index in [1.807, 2.05) is 37.3 Å². The molecule has 1 aliphatic rings. The van der Waals surface area contributed by atoms with Crippen LogP contribution in [0.15, 0.2) is 94.4 Å². The van der Waals surface area contributed by atoms with Gasteiger partial charge in [0, 0.05) is 10.6 Å². The van der Waals surface area contributed by atoms with E-state index < -0.39 is 23.6 Å². The Morgan fingerprint density at radius 3 is 2.24 bits per heavy atom. The van der Waals surface area contributed by atoms with Crippen LogP contribution in [0.4, 0.5) is 18.9 Å². The first-order valence-corrected chi connectivity index (χ1v) is 10.9. The molecule has 0 aromatic heterocycles. The number of halogens is 3. The highest BCUT2D eigenvalue weighted by Crippen LogP contribution is 2.37. The van der Waals surface area contributed by atoms with E-state index in [0.29, 0.717) is 0 Å². The van der Waals surface area contributed by atoms with Crippen molar-refractivity contribution in [1.82, 2.24) is 4.90 Å². The Morgan fingerprint density at radius 2 is 1.58 bits per heavy atom. The molecule has 0 radical (unpaired) electrons. The van der Waals surface area contributed by atoms with Crippen molar-refractivity contribution in [1.29, 1.82) is 0 Å². The number of carbonyl (C=O) groups is 2. The standard InChI is InChI=1S/C25H19F3N2O2S/c1-16-10-12-20(13-11-16)33-22-21(29-19-9-5-8-18(14-19)25(26,27)28)23(31)30(24(22)32)15-17-6-3-2-4-7-17/h2-14,29H,15H2,1H3. The number of hydrogen-bond acceptors (Lipinski definition) is 4. The van der Waals surface area contributed by atoms with E-state index in [2.05, 4.69) is 5.32 Å². The van der Waals surface area contributed by atoms with Crippen molar-refractivity contribution in [3.05, 3.63) is 106 Å². The minimum atomic E-state index is -4.53. The van der Waals surface area contributed by atoms with Gasteiger partial charge in [0.1, 0.15) is 10.6 Å². The van der Waals surface area contributed by atoms with Crippen LogP contribution in [0.25, 0.3) is 0 Å². The maximum atomic E-state index is 13.2. The highest BCUT2D eigenvalue weighted by Gasteiger charge is 2.39. The number of anilines is 1. The Morgan fingerprint density at radius 1 is 0.879 bits per heavy atom. The largest absolute Gasteiger partial charge is 0.416 e. The van der Waals surface area contributed by atoms with Crippen molar-refractivity contribution >= 4 is 29.3 Å². The summed E-state index contributed by atoms with van der Waals surface area (Å²) in [4.78, 5) is 28.4. The van der Waals surface area contributed by atoms with Crippen LogP contribution in [-0.2, 0) is 22.3 Å². The van der Waals surface area contributed by atoms with E-state index >= 15 is 0 Å². The lowest BCUT2D eigenvalue weighted by Gasteiger charge is -2.15. The first-order valence-electron chi connectivity index (χ1n) is 10.1. The molecule has 0 unspecified atom stereocenters. The summed E-state index contributed by atoms with van der Waals surface area (Å²) in [5.74, 6) is -1.08. The molecule has 0 bridgehead atoms. The topological polar surface area (TPSA) is 49.4 Å². The van der Waals surface area contributed by atoms with Crippen molar-refractivity contribution in [3.63, 3.8) is 0 Å². The molecule has 3 aromatic rings. The maximum absolute atomic E-state index is 13.2. The molecule has 33 heavy (non-hydrogen) atoms. The number of nitrogens with one attached hydrogen (secondary N) is 1. The number of imide groups is 1. The molecule has 0 spiro atoms. The van der Waals surface area contributed by atoms with E-state index in [9.17, 15) is 22.8 Å². The quantitative estimate of drug-likeness (QED) is 0.451. The summed E-state index contributed by atoms with van der Waals surface area (Å²) in [6.45, 7) is 1.99. The van der Waals surface area contributed by atoms with Crippen LogP contribution in [0, 0.1) is 6.92 Å². The first kappa shape index (κ1) is 22.7. The number of thioether (sulfide) groups is 1. The fourth-order valence-corrected chi connectivity index (χ4v) is 4.26. The van der Waals surface area contributed by atoms with Crippen LogP contribution in [-0.4, -0.2) is 16.7 Å². The van der Waals surface area contributed by atoms with Crippen LogP contribution in [0.2, 0.25) is 0 Å². The number of amides is 2. The molecule has 3 aromatic carbocycles. The molecule has 8 heteroatoms. The Bertz CT molecular complexity index is 1220. The second kappa shape index (κ2) is 9.15. The van der Waals surface area contributed by atoms with E-state index in [4.69, 9.17) is 0 Å². The molecular weight excluding hydrogens is 449 g/mol. The van der Waals surface area contributed by atoms with E-state index in [-0.39, 0.29) is 22.8 Å². The number of benzene rings is 3. The Labute approximate surface area is 193 Å². The minimum Gasteiger partial charge on any atom is -0.350 e. The van der Waals surface area contributed by atoms with Gasteiger partial charge in [-0.25, -0.2) is 0 Å². The van der Waals surface area contributed by atoms with Gasteiger partial charge in [-0.3, -0.25) is 14.5 Å². The van der Waals surface area contributed by atoms with E-state index in [1.165, 1.54) is 12.1 Å². The van der Waals surface area contributed by atoms with Gasteiger partial charge in [0.25, 0.3) is 11.8 Å². The number of aryl methyl sites for hydroxylation is 1. The van der Waals surface area contributed by atoms with Gasteiger partial charge in [-0.2, -0.15) is 13.2 Å². The lowest BCUT2D eigenvalue weighted by molar-refractivity contribution is -0.138. The first-order chi connectivity index (χ1) is 15.7. The Balaban J connectivity index is 1.69. The fraction of sp³-hybridized carbons (Fsp3) is 0.120. The fourth-order valence-electron chi connectivity index (χ4n) is 3.31. The number of alkyl halides is 3. The lowest BCUT2D eigenvalue weighted by Crippen LogP contribution is -2.31. The van der Waals surface area contributed by atoms with Crippen LogP contribution in [0.3, 0.4) is 0 Å². The SMILES string of the molecule is Cc1ccc(SC2=C(Nc3cccc(C(F)(F)F)c3)C(=O)N(Cc3ccccc3)C2=O)cc1. The number of carbonyl (C=O) groups excluding carboxylic acids is 2. The van der Waals surface area contributed by atoms with E-state index in [0.717, 1.165) is 44.8 Å². The average Bonchev–Trinajstić information content (AvgIpc) is 3.00. The summed E-state index contributed by atoms with van der Waals surface area (Å²) in [5.41, 5.74) is 0.985. The van der Waals surface area contributed by atoms with Gasteiger partial charge >= 0.3 is 6.18 Å². The van der Waals surface area contributed by atoms with Gasteiger partial charge < -0.3 is 5.32 Å². The lowest BCUT2D eigenvalue weighted by atomic mass is 10.2. The molecule has 0 atom stereocenters. The summed E-state index contributed by atoms with van der Waals surface area (Å²) < 4.78 is 39.4. The second-order valence-corrected chi connectivity index (χ2v) is 8.59. The maximum Gasteiger partial charge on any atom is 0.416 e. The van der Waals surface area contributed by atoms with E-state index in [1.54, 1.807) is 24.3 Å². The molecule has 4 nitrogen and oxygen atoms in total. The monoisotopic (exact) mass is 468 g/mol.